The number of fused-ring (bicyclic) bond motifs is 1. The number of hydrogen-bond donors (Lipinski definition) is 2. The minimum Gasteiger partial charge on any atom is -0.508 e. The number of phenolic OH excluding ortho intramolecular Hbond substituents is 2. The molecule has 0 bridgehead atoms. The molecule has 2 aromatic carbocycles. The van der Waals surface area contributed by atoms with E-state index in [0.717, 1.165) is 31.2 Å². The lowest BCUT2D eigenvalue weighted by Crippen LogP contribution is -2.04. The van der Waals surface area contributed by atoms with Gasteiger partial charge in [0.15, 0.2) is 0 Å². The maximum absolute atomic E-state index is 9.60. The minimum absolute atomic E-state index is 0.134. The summed E-state index contributed by atoms with van der Waals surface area (Å²) in [6.45, 7) is 0. The second kappa shape index (κ2) is 5.49. The first kappa shape index (κ1) is 13.5. The fourth-order valence-electron chi connectivity index (χ4n) is 3.21. The molecule has 1 unspecified atom stereocenters. The van der Waals surface area contributed by atoms with Crippen LogP contribution in [0.5, 0.6) is 11.5 Å². The number of nitrogens with zero attached hydrogens (tertiary/aromatic N) is 1. The van der Waals surface area contributed by atoms with Gasteiger partial charge in [0.2, 0.25) is 0 Å². The average molecular weight is 279 g/mol. The Labute approximate surface area is 124 Å². The Morgan fingerprint density at radius 1 is 1.00 bits per heavy atom. The van der Waals surface area contributed by atoms with Crippen molar-refractivity contribution < 1.29 is 10.2 Å². The van der Waals surface area contributed by atoms with E-state index in [9.17, 15) is 15.5 Å². The zero-order chi connectivity index (χ0) is 14.8. The molecule has 1 aliphatic carbocycles. The van der Waals surface area contributed by atoms with E-state index in [0.29, 0.717) is 11.3 Å². The Morgan fingerprint density at radius 2 is 1.76 bits per heavy atom. The fraction of sp³-hybridized carbons (Fsp3) is 0.278. The van der Waals surface area contributed by atoms with Gasteiger partial charge in [0.05, 0.1) is 11.6 Å². The summed E-state index contributed by atoms with van der Waals surface area (Å²) in [5, 5.41) is 28.4. The Balaban J connectivity index is 1.97. The van der Waals surface area contributed by atoms with Gasteiger partial charge in [-0.15, -0.1) is 0 Å². The third kappa shape index (κ3) is 2.71. The molecular weight excluding hydrogens is 262 g/mol. The van der Waals surface area contributed by atoms with Gasteiger partial charge in [0.25, 0.3) is 0 Å². The summed E-state index contributed by atoms with van der Waals surface area (Å²) in [6, 6.07) is 12.8. The fourth-order valence-corrected chi connectivity index (χ4v) is 3.21. The standard InChI is InChI=1S/C18H17NO2/c19-11-15-10-17(21)6-7-18(15)14-3-1-2-12-9-16(20)5-4-13(12)8-14/h4-7,9-10,14,20-21H,1-3,8H2. The first-order chi connectivity index (χ1) is 10.2. The number of aromatic hydroxyl groups is 2. The molecule has 0 amide bonds. The van der Waals surface area contributed by atoms with Crippen molar-refractivity contribution in [3.05, 3.63) is 58.7 Å². The third-order valence-electron chi connectivity index (χ3n) is 4.25. The molecule has 0 aliphatic heterocycles. The first-order valence-corrected chi connectivity index (χ1v) is 7.21. The molecule has 0 saturated heterocycles. The van der Waals surface area contributed by atoms with Crippen LogP contribution in [0.3, 0.4) is 0 Å². The van der Waals surface area contributed by atoms with E-state index in [-0.39, 0.29) is 11.7 Å². The van der Waals surface area contributed by atoms with Gasteiger partial charge in [-0.3, -0.25) is 0 Å². The largest absolute Gasteiger partial charge is 0.508 e. The van der Waals surface area contributed by atoms with Crippen LogP contribution in [0.2, 0.25) is 0 Å². The highest BCUT2D eigenvalue weighted by Gasteiger charge is 2.21. The van der Waals surface area contributed by atoms with Gasteiger partial charge >= 0.3 is 0 Å². The molecule has 3 rings (SSSR count). The predicted molar refractivity (Wildman–Crippen MR) is 80.3 cm³/mol. The van der Waals surface area contributed by atoms with Crippen molar-refractivity contribution in [2.24, 2.45) is 0 Å². The lowest BCUT2D eigenvalue weighted by molar-refractivity contribution is 0.473. The molecule has 106 valence electrons. The quantitative estimate of drug-likeness (QED) is 0.783. The van der Waals surface area contributed by atoms with E-state index in [2.05, 4.69) is 6.07 Å². The molecule has 0 spiro atoms. The molecule has 0 radical (unpaired) electrons. The smallest absolute Gasteiger partial charge is 0.116 e. The van der Waals surface area contributed by atoms with E-state index in [1.807, 2.05) is 18.2 Å². The summed E-state index contributed by atoms with van der Waals surface area (Å²) >= 11 is 0. The lowest BCUT2D eigenvalue weighted by atomic mass is 9.87. The van der Waals surface area contributed by atoms with Crippen molar-refractivity contribution in [3.63, 3.8) is 0 Å². The minimum atomic E-state index is 0.134. The zero-order valence-electron chi connectivity index (χ0n) is 11.7. The van der Waals surface area contributed by atoms with Crippen LogP contribution in [0, 0.1) is 11.3 Å². The van der Waals surface area contributed by atoms with Gasteiger partial charge < -0.3 is 10.2 Å². The summed E-state index contributed by atoms with van der Waals surface area (Å²) in [5.41, 5.74) is 4.01. The van der Waals surface area contributed by atoms with Gasteiger partial charge in [-0.25, -0.2) is 0 Å². The number of nitriles is 1. The Kier molecular flexibility index (Phi) is 3.53. The molecule has 21 heavy (non-hydrogen) atoms. The number of phenols is 2. The molecule has 0 aromatic heterocycles. The van der Waals surface area contributed by atoms with E-state index >= 15 is 0 Å². The summed E-state index contributed by atoms with van der Waals surface area (Å²) < 4.78 is 0. The van der Waals surface area contributed by atoms with Crippen LogP contribution in [-0.4, -0.2) is 10.2 Å². The van der Waals surface area contributed by atoms with E-state index in [4.69, 9.17) is 0 Å². The topological polar surface area (TPSA) is 64.2 Å². The number of hydrogen-bond acceptors (Lipinski definition) is 3. The normalized spacial score (nSPS) is 17.6. The SMILES string of the molecule is N#Cc1cc(O)ccc1C1CCCc2cc(O)ccc2C1. The Morgan fingerprint density at radius 3 is 2.57 bits per heavy atom. The molecule has 3 heteroatoms. The van der Waals surface area contributed by atoms with Crippen molar-refractivity contribution in [2.45, 2.75) is 31.6 Å². The van der Waals surface area contributed by atoms with E-state index < -0.39 is 0 Å². The van der Waals surface area contributed by atoms with Crippen LogP contribution in [0.15, 0.2) is 36.4 Å². The highest BCUT2D eigenvalue weighted by molar-refractivity contribution is 5.46. The monoisotopic (exact) mass is 279 g/mol. The van der Waals surface area contributed by atoms with Crippen LogP contribution in [0.25, 0.3) is 0 Å². The van der Waals surface area contributed by atoms with Crippen molar-refractivity contribution in [1.29, 1.82) is 5.26 Å². The maximum Gasteiger partial charge on any atom is 0.116 e. The van der Waals surface area contributed by atoms with Crippen molar-refractivity contribution >= 4 is 0 Å². The van der Waals surface area contributed by atoms with E-state index in [1.54, 1.807) is 12.1 Å². The maximum atomic E-state index is 9.60. The average Bonchev–Trinajstić information content (AvgIpc) is 2.68. The third-order valence-corrected chi connectivity index (χ3v) is 4.25. The van der Waals surface area contributed by atoms with Gasteiger partial charge in [0, 0.05) is 0 Å². The number of rotatable bonds is 1. The van der Waals surface area contributed by atoms with Crippen LogP contribution >= 0.6 is 0 Å². The molecule has 1 aliphatic rings. The van der Waals surface area contributed by atoms with Crippen LogP contribution in [-0.2, 0) is 12.8 Å². The molecule has 3 nitrogen and oxygen atoms in total. The Bertz CT molecular complexity index is 716. The number of benzene rings is 2. The summed E-state index contributed by atoms with van der Waals surface area (Å²) in [5.74, 6) is 0.731. The van der Waals surface area contributed by atoms with Gasteiger partial charge in [-0.05, 0) is 72.6 Å². The molecular formula is C18H17NO2. The first-order valence-electron chi connectivity index (χ1n) is 7.21. The van der Waals surface area contributed by atoms with Crippen LogP contribution in [0.4, 0.5) is 0 Å². The summed E-state index contributed by atoms with van der Waals surface area (Å²) in [7, 11) is 0. The van der Waals surface area contributed by atoms with Crippen LogP contribution < -0.4 is 0 Å². The highest BCUT2D eigenvalue weighted by Crippen LogP contribution is 2.35. The molecule has 1 atom stereocenters. The molecule has 2 N–H and O–H groups in total. The van der Waals surface area contributed by atoms with Gasteiger partial charge in [0.1, 0.15) is 11.5 Å². The van der Waals surface area contributed by atoms with Crippen molar-refractivity contribution in [3.8, 4) is 17.6 Å². The molecule has 0 heterocycles. The molecule has 2 aromatic rings. The summed E-state index contributed by atoms with van der Waals surface area (Å²) in [4.78, 5) is 0. The van der Waals surface area contributed by atoms with Crippen LogP contribution in [0.1, 0.15) is 41.0 Å². The van der Waals surface area contributed by atoms with Gasteiger partial charge in [-0.1, -0.05) is 12.1 Å². The second-order valence-electron chi connectivity index (χ2n) is 5.63. The second-order valence-corrected chi connectivity index (χ2v) is 5.63. The van der Waals surface area contributed by atoms with Crippen molar-refractivity contribution in [2.75, 3.05) is 0 Å². The molecule has 0 fully saturated rings. The predicted octanol–water partition coefficient (Wildman–Crippen LogP) is 3.63. The Hall–Kier alpha value is -2.47. The number of aryl methyl sites for hydroxylation is 1. The lowest BCUT2D eigenvalue weighted by Gasteiger charge is -2.17. The zero-order valence-corrected chi connectivity index (χ0v) is 11.7. The molecule has 0 saturated carbocycles. The van der Waals surface area contributed by atoms with Crippen molar-refractivity contribution in [1.82, 2.24) is 0 Å². The summed E-state index contributed by atoms with van der Waals surface area (Å²) in [6.07, 6.45) is 3.87. The van der Waals surface area contributed by atoms with E-state index in [1.165, 1.54) is 17.2 Å². The highest BCUT2D eigenvalue weighted by atomic mass is 16.3. The van der Waals surface area contributed by atoms with Gasteiger partial charge in [-0.2, -0.15) is 5.26 Å².